The predicted molar refractivity (Wildman–Crippen MR) is 145 cm³/mol. The molecule has 0 aromatic heterocycles. The summed E-state index contributed by atoms with van der Waals surface area (Å²) in [5.41, 5.74) is 4.25. The molecule has 1 aliphatic heterocycles. The molecular formula is C28H42N4O7. The van der Waals surface area contributed by atoms with Crippen molar-refractivity contribution in [3.63, 3.8) is 0 Å². The lowest BCUT2D eigenvalue weighted by Gasteiger charge is -2.42. The summed E-state index contributed by atoms with van der Waals surface area (Å²) in [6.07, 6.45) is 0.0893. The molecule has 0 spiro atoms. The van der Waals surface area contributed by atoms with Crippen LogP contribution in [0.15, 0.2) is 30.3 Å². The Morgan fingerprint density at radius 1 is 1.03 bits per heavy atom. The number of ether oxygens (including phenoxy) is 1. The standard InChI is InChI=1S/C28H42N4O7/c1-18(2)17-21(23(34)30-20(24(35)36)11-12-22(29)33)31-25(37)28(19-9-7-6-8-10-19)13-15-32(16-14-28)26(38)39-27(3,4)5/h6-10,18,20-21H,11-17H2,1-5H3,(H2,29,33)(H,30,34)(H,31,37)(H,35,36). The molecule has 2 atom stereocenters. The van der Waals surface area contributed by atoms with Crippen molar-refractivity contribution >= 4 is 29.8 Å². The van der Waals surface area contributed by atoms with Gasteiger partial charge in [0.25, 0.3) is 0 Å². The van der Waals surface area contributed by atoms with E-state index in [2.05, 4.69) is 10.6 Å². The molecule has 39 heavy (non-hydrogen) atoms. The van der Waals surface area contributed by atoms with E-state index < -0.39 is 47.0 Å². The molecule has 11 nitrogen and oxygen atoms in total. The van der Waals surface area contributed by atoms with Crippen LogP contribution in [0.3, 0.4) is 0 Å². The molecule has 0 bridgehead atoms. The van der Waals surface area contributed by atoms with Crippen molar-refractivity contribution in [1.29, 1.82) is 0 Å². The Hall–Kier alpha value is -3.63. The minimum Gasteiger partial charge on any atom is -0.480 e. The van der Waals surface area contributed by atoms with E-state index in [1.165, 1.54) is 0 Å². The number of carboxylic acids is 1. The van der Waals surface area contributed by atoms with E-state index in [0.717, 1.165) is 5.56 Å². The minimum absolute atomic E-state index is 0.0108. The summed E-state index contributed by atoms with van der Waals surface area (Å²) < 4.78 is 5.50. The van der Waals surface area contributed by atoms with Crippen molar-refractivity contribution in [2.45, 2.75) is 89.8 Å². The summed E-state index contributed by atoms with van der Waals surface area (Å²) in [6.45, 7) is 9.72. The van der Waals surface area contributed by atoms with Gasteiger partial charge in [-0.1, -0.05) is 44.2 Å². The zero-order valence-electron chi connectivity index (χ0n) is 23.5. The van der Waals surface area contributed by atoms with Crippen LogP contribution >= 0.6 is 0 Å². The summed E-state index contributed by atoms with van der Waals surface area (Å²) in [4.78, 5) is 64.2. The van der Waals surface area contributed by atoms with Crippen molar-refractivity contribution in [3.8, 4) is 0 Å². The van der Waals surface area contributed by atoms with Gasteiger partial charge < -0.3 is 31.1 Å². The van der Waals surface area contributed by atoms with E-state index in [4.69, 9.17) is 10.5 Å². The summed E-state index contributed by atoms with van der Waals surface area (Å²) >= 11 is 0. The van der Waals surface area contributed by atoms with Gasteiger partial charge in [-0.2, -0.15) is 0 Å². The smallest absolute Gasteiger partial charge is 0.410 e. The topological polar surface area (TPSA) is 168 Å². The van der Waals surface area contributed by atoms with Crippen molar-refractivity contribution in [2.75, 3.05) is 13.1 Å². The summed E-state index contributed by atoms with van der Waals surface area (Å²) in [7, 11) is 0. The molecule has 4 amide bonds. The van der Waals surface area contributed by atoms with Crippen molar-refractivity contribution in [2.24, 2.45) is 11.7 Å². The average Bonchev–Trinajstić information content (AvgIpc) is 2.84. The number of hydrogen-bond donors (Lipinski definition) is 4. The second-order valence-corrected chi connectivity index (χ2v) is 11.5. The Morgan fingerprint density at radius 2 is 1.62 bits per heavy atom. The number of likely N-dealkylation sites (tertiary alicyclic amines) is 1. The zero-order chi connectivity index (χ0) is 29.4. The number of carbonyl (C=O) groups excluding carboxylic acids is 4. The van der Waals surface area contributed by atoms with Gasteiger partial charge in [0.05, 0.1) is 5.41 Å². The number of piperidine rings is 1. The number of nitrogens with one attached hydrogen (secondary N) is 2. The van der Waals surface area contributed by atoms with Crippen LogP contribution in [0.5, 0.6) is 0 Å². The van der Waals surface area contributed by atoms with Gasteiger partial charge in [0.2, 0.25) is 17.7 Å². The number of hydrogen-bond acceptors (Lipinski definition) is 6. The molecule has 1 aromatic carbocycles. The number of nitrogens with zero attached hydrogens (tertiary/aromatic N) is 1. The molecule has 216 valence electrons. The number of primary amides is 1. The highest BCUT2D eigenvalue weighted by Gasteiger charge is 2.45. The van der Waals surface area contributed by atoms with E-state index in [1.807, 2.05) is 44.2 Å². The van der Waals surface area contributed by atoms with Gasteiger partial charge in [-0.15, -0.1) is 0 Å². The van der Waals surface area contributed by atoms with Crippen LogP contribution in [0.2, 0.25) is 0 Å². The first-order valence-electron chi connectivity index (χ1n) is 13.3. The van der Waals surface area contributed by atoms with Crippen LogP contribution in [0, 0.1) is 5.92 Å². The van der Waals surface area contributed by atoms with E-state index in [9.17, 15) is 29.1 Å². The molecule has 2 unspecified atom stereocenters. The van der Waals surface area contributed by atoms with Gasteiger partial charge >= 0.3 is 12.1 Å². The summed E-state index contributed by atoms with van der Waals surface area (Å²) in [5.74, 6) is -2.98. The number of aliphatic carboxylic acids is 1. The Kier molecular flexibility index (Phi) is 10.9. The number of amides is 4. The van der Waals surface area contributed by atoms with Gasteiger partial charge in [0.15, 0.2) is 0 Å². The number of benzene rings is 1. The lowest BCUT2D eigenvalue weighted by atomic mass is 9.71. The number of rotatable bonds is 11. The maximum Gasteiger partial charge on any atom is 0.410 e. The normalized spacial score (nSPS) is 16.6. The van der Waals surface area contributed by atoms with Gasteiger partial charge in [-0.05, 0) is 57.9 Å². The second kappa shape index (κ2) is 13.4. The molecule has 1 heterocycles. The quantitative estimate of drug-likeness (QED) is 0.330. The molecule has 1 aromatic rings. The Balaban J connectivity index is 2.27. The highest BCUT2D eigenvalue weighted by Crippen LogP contribution is 2.36. The molecular weight excluding hydrogens is 504 g/mol. The minimum atomic E-state index is -1.32. The van der Waals surface area contributed by atoms with Gasteiger partial charge in [0.1, 0.15) is 17.7 Å². The Labute approximate surface area is 229 Å². The van der Waals surface area contributed by atoms with E-state index >= 15 is 0 Å². The SMILES string of the molecule is CC(C)CC(NC(=O)C1(c2ccccc2)CCN(C(=O)OC(C)(C)C)CC1)C(=O)NC(CCC(N)=O)C(=O)O. The van der Waals surface area contributed by atoms with Crippen molar-refractivity contribution in [1.82, 2.24) is 15.5 Å². The molecule has 1 fully saturated rings. The lowest BCUT2D eigenvalue weighted by Crippen LogP contribution is -2.58. The van der Waals surface area contributed by atoms with Crippen LogP contribution in [0.25, 0.3) is 0 Å². The first kappa shape index (κ1) is 31.6. The third-order valence-electron chi connectivity index (χ3n) is 6.65. The van der Waals surface area contributed by atoms with E-state index in [-0.39, 0.29) is 44.2 Å². The maximum absolute atomic E-state index is 14.0. The number of nitrogens with two attached hydrogens (primary N) is 1. The Bertz CT molecular complexity index is 1030. The summed E-state index contributed by atoms with van der Waals surface area (Å²) in [6, 6.07) is 6.89. The zero-order valence-corrected chi connectivity index (χ0v) is 23.5. The third kappa shape index (κ3) is 9.26. The molecule has 5 N–H and O–H groups in total. The lowest BCUT2D eigenvalue weighted by molar-refractivity contribution is -0.142. The van der Waals surface area contributed by atoms with Gasteiger partial charge in [-0.3, -0.25) is 14.4 Å². The third-order valence-corrected chi connectivity index (χ3v) is 6.65. The Morgan fingerprint density at radius 3 is 2.10 bits per heavy atom. The largest absolute Gasteiger partial charge is 0.480 e. The van der Waals surface area contributed by atoms with Crippen molar-refractivity contribution < 1.29 is 33.8 Å². The average molecular weight is 547 g/mol. The van der Waals surface area contributed by atoms with E-state index in [0.29, 0.717) is 12.8 Å². The van der Waals surface area contributed by atoms with E-state index in [1.54, 1.807) is 25.7 Å². The highest BCUT2D eigenvalue weighted by atomic mass is 16.6. The predicted octanol–water partition coefficient (Wildman–Crippen LogP) is 2.32. The fourth-order valence-corrected chi connectivity index (χ4v) is 4.62. The van der Waals surface area contributed by atoms with Gasteiger partial charge in [0, 0.05) is 19.5 Å². The first-order chi connectivity index (χ1) is 18.1. The molecule has 0 saturated carbocycles. The molecule has 0 radical (unpaired) electrons. The fraction of sp³-hybridized carbons (Fsp3) is 0.607. The maximum atomic E-state index is 14.0. The summed E-state index contributed by atoms with van der Waals surface area (Å²) in [5, 5.41) is 14.8. The number of carboxylic acid groups (broad SMARTS) is 1. The van der Waals surface area contributed by atoms with Gasteiger partial charge in [-0.25, -0.2) is 9.59 Å². The van der Waals surface area contributed by atoms with Crippen LogP contribution in [0.4, 0.5) is 4.79 Å². The van der Waals surface area contributed by atoms with Crippen LogP contribution in [0.1, 0.15) is 72.3 Å². The van der Waals surface area contributed by atoms with Crippen LogP contribution in [-0.2, 0) is 29.3 Å². The highest BCUT2D eigenvalue weighted by molar-refractivity contribution is 5.94. The van der Waals surface area contributed by atoms with Crippen LogP contribution < -0.4 is 16.4 Å². The molecule has 1 aliphatic rings. The molecule has 11 heteroatoms. The first-order valence-corrected chi connectivity index (χ1v) is 13.3. The van der Waals surface area contributed by atoms with Crippen LogP contribution in [-0.4, -0.2) is 70.6 Å². The molecule has 0 aliphatic carbocycles. The monoisotopic (exact) mass is 546 g/mol. The molecule has 1 saturated heterocycles. The fourth-order valence-electron chi connectivity index (χ4n) is 4.62. The molecule has 2 rings (SSSR count). The number of carbonyl (C=O) groups is 5. The van der Waals surface area contributed by atoms with Crippen molar-refractivity contribution in [3.05, 3.63) is 35.9 Å². The second-order valence-electron chi connectivity index (χ2n) is 11.5.